The number of piperidine rings is 1. The highest BCUT2D eigenvalue weighted by Crippen LogP contribution is 2.28. The molecule has 1 aliphatic heterocycles. The normalized spacial score (nSPS) is 14.2. The molecule has 0 radical (unpaired) electrons. The Morgan fingerprint density at radius 2 is 2.03 bits per heavy atom. The van der Waals surface area contributed by atoms with Gasteiger partial charge in [-0.25, -0.2) is 15.0 Å². The van der Waals surface area contributed by atoms with Crippen molar-refractivity contribution in [1.82, 2.24) is 24.4 Å². The molecule has 0 atom stereocenters. The Kier molecular flexibility index (Phi) is 7.94. The summed E-state index contributed by atoms with van der Waals surface area (Å²) in [7, 11) is 0. The van der Waals surface area contributed by atoms with Gasteiger partial charge in [0, 0.05) is 55.5 Å². The molecule has 4 heterocycles. The number of nitriles is 1. The van der Waals surface area contributed by atoms with Crippen LogP contribution in [0, 0.1) is 18.3 Å². The molecular weight excluding hydrogens is 488 g/mol. The highest BCUT2D eigenvalue weighted by molar-refractivity contribution is 5.98. The number of carbonyl (C=O) groups is 1. The molecule has 0 unspecified atom stereocenters. The minimum absolute atomic E-state index is 0.289. The van der Waals surface area contributed by atoms with Crippen molar-refractivity contribution in [3.63, 3.8) is 0 Å². The molecule has 0 spiro atoms. The number of rotatable bonds is 9. The molecule has 4 aromatic rings. The summed E-state index contributed by atoms with van der Waals surface area (Å²) >= 11 is 0. The first-order chi connectivity index (χ1) is 19.0. The predicted molar refractivity (Wildman–Crippen MR) is 152 cm³/mol. The van der Waals surface area contributed by atoms with Gasteiger partial charge in [-0.05, 0) is 73.2 Å². The average molecular weight is 521 g/mol. The van der Waals surface area contributed by atoms with Crippen LogP contribution in [0.4, 0.5) is 11.6 Å². The van der Waals surface area contributed by atoms with E-state index < -0.39 is 0 Å². The molecule has 1 aromatic carbocycles. The van der Waals surface area contributed by atoms with Crippen LogP contribution in [0.3, 0.4) is 0 Å². The van der Waals surface area contributed by atoms with Gasteiger partial charge in [-0.1, -0.05) is 18.7 Å². The molecule has 198 valence electrons. The lowest BCUT2D eigenvalue weighted by molar-refractivity contribution is -0.111. The van der Waals surface area contributed by atoms with Crippen molar-refractivity contribution in [3.05, 3.63) is 90.2 Å². The zero-order valence-corrected chi connectivity index (χ0v) is 22.1. The Labute approximate surface area is 228 Å². The van der Waals surface area contributed by atoms with E-state index in [9.17, 15) is 10.1 Å². The lowest BCUT2D eigenvalue weighted by atomic mass is 10.0. The fourth-order valence-electron chi connectivity index (χ4n) is 5.15. The number of nitrogens with one attached hydrogen (secondary N) is 2. The van der Waals surface area contributed by atoms with E-state index >= 15 is 0 Å². The van der Waals surface area contributed by atoms with E-state index in [2.05, 4.69) is 66.8 Å². The second kappa shape index (κ2) is 11.9. The van der Waals surface area contributed by atoms with Crippen molar-refractivity contribution in [1.29, 1.82) is 5.26 Å². The number of hydrogen-bond acceptors (Lipinski definition) is 7. The summed E-state index contributed by atoms with van der Waals surface area (Å²) in [5, 5.41) is 17.2. The van der Waals surface area contributed by atoms with Crippen molar-refractivity contribution in [2.45, 2.75) is 45.3 Å². The van der Waals surface area contributed by atoms with Crippen molar-refractivity contribution in [2.75, 3.05) is 23.7 Å². The van der Waals surface area contributed by atoms with E-state index in [0.717, 1.165) is 61.2 Å². The van der Waals surface area contributed by atoms with Crippen molar-refractivity contribution in [2.24, 2.45) is 0 Å². The molecule has 1 aliphatic rings. The molecule has 0 aliphatic carbocycles. The van der Waals surface area contributed by atoms with E-state index in [1.54, 1.807) is 24.8 Å². The Morgan fingerprint density at radius 3 is 2.72 bits per heavy atom. The SMILES string of the molecule is C=CC(=O)Nc1ccc(CCn2c(C#N)cc3c(C)c(CN4CCC(Nc5ccncn5)CC4)ccc32)cn1. The molecule has 39 heavy (non-hydrogen) atoms. The first-order valence-electron chi connectivity index (χ1n) is 13.2. The van der Waals surface area contributed by atoms with Gasteiger partial charge >= 0.3 is 0 Å². The fourth-order valence-corrected chi connectivity index (χ4v) is 5.15. The van der Waals surface area contributed by atoms with Gasteiger partial charge in [-0.15, -0.1) is 0 Å². The van der Waals surface area contributed by atoms with Gasteiger partial charge in [0.05, 0.1) is 0 Å². The number of amides is 1. The molecule has 0 saturated carbocycles. The number of likely N-dealkylation sites (tertiary alicyclic amines) is 1. The first-order valence-corrected chi connectivity index (χ1v) is 13.2. The average Bonchev–Trinajstić information content (AvgIpc) is 3.34. The molecule has 9 nitrogen and oxygen atoms in total. The molecule has 1 saturated heterocycles. The second-order valence-corrected chi connectivity index (χ2v) is 9.86. The Hall–Kier alpha value is -4.55. The molecule has 0 bridgehead atoms. The molecule has 1 amide bonds. The van der Waals surface area contributed by atoms with E-state index in [-0.39, 0.29) is 5.91 Å². The summed E-state index contributed by atoms with van der Waals surface area (Å²) in [4.78, 5) is 26.5. The monoisotopic (exact) mass is 520 g/mol. The highest BCUT2D eigenvalue weighted by Gasteiger charge is 2.21. The molecule has 1 fully saturated rings. The summed E-state index contributed by atoms with van der Waals surface area (Å²) in [6, 6.07) is 14.8. The van der Waals surface area contributed by atoms with Gasteiger partial charge < -0.3 is 15.2 Å². The van der Waals surface area contributed by atoms with Gasteiger partial charge in [-0.3, -0.25) is 9.69 Å². The first kappa shape index (κ1) is 26.1. The standard InChI is InChI=1S/C30H32N8O/c1-3-30(39)36-28-7-4-22(18-33-28)9-15-38-25(17-31)16-26-21(2)23(5-6-27(26)38)19-37-13-10-24(11-14-37)35-29-8-12-32-20-34-29/h3-8,12,16,18,20,24H,1,9-11,13-15,19H2,2H3,(H,32,34,35)(H,33,36,39). The number of benzene rings is 1. The lowest BCUT2D eigenvalue weighted by Gasteiger charge is -2.33. The highest BCUT2D eigenvalue weighted by atomic mass is 16.1. The topological polar surface area (TPSA) is 112 Å². The Morgan fingerprint density at radius 1 is 1.18 bits per heavy atom. The third-order valence-corrected chi connectivity index (χ3v) is 7.38. The van der Waals surface area contributed by atoms with Gasteiger partial charge in [0.1, 0.15) is 29.7 Å². The van der Waals surface area contributed by atoms with E-state index in [1.807, 2.05) is 18.2 Å². The van der Waals surface area contributed by atoms with Crippen LogP contribution in [-0.2, 0) is 24.3 Å². The third kappa shape index (κ3) is 6.13. The van der Waals surface area contributed by atoms with Crippen molar-refractivity contribution < 1.29 is 4.79 Å². The molecule has 2 N–H and O–H groups in total. The van der Waals surface area contributed by atoms with Crippen LogP contribution < -0.4 is 10.6 Å². The Balaban J connectivity index is 1.23. The number of aryl methyl sites for hydroxylation is 3. The molecule has 3 aromatic heterocycles. The number of aromatic nitrogens is 4. The minimum atomic E-state index is -0.289. The maximum absolute atomic E-state index is 11.5. The summed E-state index contributed by atoms with van der Waals surface area (Å²) < 4.78 is 2.09. The van der Waals surface area contributed by atoms with Crippen LogP contribution in [0.2, 0.25) is 0 Å². The van der Waals surface area contributed by atoms with Gasteiger partial charge in [0.15, 0.2) is 0 Å². The number of fused-ring (bicyclic) bond motifs is 1. The fraction of sp³-hybridized carbons (Fsp3) is 0.300. The zero-order chi connectivity index (χ0) is 27.2. The van der Waals surface area contributed by atoms with E-state index in [1.165, 1.54) is 17.2 Å². The zero-order valence-electron chi connectivity index (χ0n) is 22.1. The number of pyridine rings is 1. The second-order valence-electron chi connectivity index (χ2n) is 9.86. The van der Waals surface area contributed by atoms with Crippen LogP contribution in [0.25, 0.3) is 10.9 Å². The van der Waals surface area contributed by atoms with Crippen molar-refractivity contribution >= 4 is 28.4 Å². The van der Waals surface area contributed by atoms with Gasteiger partial charge in [0.25, 0.3) is 0 Å². The van der Waals surface area contributed by atoms with Crippen LogP contribution in [0.5, 0.6) is 0 Å². The summed E-state index contributed by atoms with van der Waals surface area (Å²) in [6.07, 6.45) is 9.16. The summed E-state index contributed by atoms with van der Waals surface area (Å²) in [5.41, 5.74) is 5.29. The van der Waals surface area contributed by atoms with Crippen LogP contribution in [0.1, 0.15) is 35.2 Å². The minimum Gasteiger partial charge on any atom is -0.367 e. The number of carbonyl (C=O) groups excluding carboxylic acids is 1. The molecule has 9 heteroatoms. The van der Waals surface area contributed by atoms with Crippen LogP contribution in [-0.4, -0.2) is 49.5 Å². The van der Waals surface area contributed by atoms with E-state index in [0.29, 0.717) is 24.1 Å². The molecular formula is C30H32N8O. The van der Waals surface area contributed by atoms with Gasteiger partial charge in [-0.2, -0.15) is 5.26 Å². The third-order valence-electron chi connectivity index (χ3n) is 7.38. The lowest BCUT2D eigenvalue weighted by Crippen LogP contribution is -2.38. The Bertz CT molecular complexity index is 1500. The summed E-state index contributed by atoms with van der Waals surface area (Å²) in [5.74, 6) is 1.08. The quantitative estimate of drug-likeness (QED) is 0.314. The van der Waals surface area contributed by atoms with Gasteiger partial charge in [0.2, 0.25) is 5.91 Å². The number of hydrogen-bond donors (Lipinski definition) is 2. The smallest absolute Gasteiger partial charge is 0.248 e. The maximum atomic E-state index is 11.5. The number of nitrogens with zero attached hydrogens (tertiary/aromatic N) is 6. The van der Waals surface area contributed by atoms with Crippen LogP contribution in [0.15, 0.2) is 67.8 Å². The predicted octanol–water partition coefficient (Wildman–Crippen LogP) is 4.45. The van der Waals surface area contributed by atoms with E-state index in [4.69, 9.17) is 0 Å². The largest absolute Gasteiger partial charge is 0.367 e. The van der Waals surface area contributed by atoms with Crippen LogP contribution >= 0.6 is 0 Å². The molecule has 5 rings (SSSR count). The summed E-state index contributed by atoms with van der Waals surface area (Å²) in [6.45, 7) is 9.22. The number of anilines is 2. The maximum Gasteiger partial charge on any atom is 0.248 e. The van der Waals surface area contributed by atoms with Crippen molar-refractivity contribution in [3.8, 4) is 6.07 Å².